The van der Waals surface area contributed by atoms with Crippen LogP contribution in [0.15, 0.2) is 48.5 Å². The number of nitrogens with one attached hydrogen (secondary N) is 3. The van der Waals surface area contributed by atoms with Crippen molar-refractivity contribution in [3.8, 4) is 5.75 Å². The van der Waals surface area contributed by atoms with Gasteiger partial charge in [-0.25, -0.2) is 0 Å². The molecule has 1 heterocycles. The summed E-state index contributed by atoms with van der Waals surface area (Å²) in [7, 11) is 0. The lowest BCUT2D eigenvalue weighted by atomic mass is 10.1. The topological polar surface area (TPSA) is 64.3 Å². The Bertz CT molecular complexity index is 816. The Kier molecular flexibility index (Phi) is 7.63. The Hall–Kier alpha value is -2.41. The van der Waals surface area contributed by atoms with Gasteiger partial charge in [-0.05, 0) is 55.5 Å². The van der Waals surface area contributed by atoms with E-state index in [2.05, 4.69) is 5.32 Å². The van der Waals surface area contributed by atoms with Crippen molar-refractivity contribution in [1.29, 1.82) is 0 Å². The zero-order chi connectivity index (χ0) is 20.6. The maximum atomic E-state index is 12.3. The first-order chi connectivity index (χ1) is 14.0. The van der Waals surface area contributed by atoms with Crippen LogP contribution in [0, 0.1) is 0 Å². The second kappa shape index (κ2) is 10.4. The second-order valence-corrected chi connectivity index (χ2v) is 7.85. The van der Waals surface area contributed by atoms with Crippen LogP contribution < -0.4 is 19.9 Å². The number of quaternary nitrogens is 2. The van der Waals surface area contributed by atoms with E-state index < -0.39 is 0 Å². The number of carbonyl (C=O) groups is 2. The number of anilines is 1. The van der Waals surface area contributed by atoms with E-state index in [1.165, 1.54) is 16.7 Å². The fraction of sp³-hybridized carbons (Fsp3) is 0.364. The summed E-state index contributed by atoms with van der Waals surface area (Å²) in [5.41, 5.74) is 1.37. The summed E-state index contributed by atoms with van der Waals surface area (Å²) >= 11 is 5.88. The first kappa shape index (κ1) is 21.3. The van der Waals surface area contributed by atoms with Gasteiger partial charge in [0.1, 0.15) is 45.1 Å². The fourth-order valence-corrected chi connectivity index (χ4v) is 3.57. The first-order valence-electron chi connectivity index (χ1n) is 9.96. The third kappa shape index (κ3) is 6.85. The summed E-state index contributed by atoms with van der Waals surface area (Å²) in [6, 6.07) is 14.4. The molecule has 3 N–H and O–H groups in total. The van der Waals surface area contributed by atoms with Gasteiger partial charge in [0.25, 0.3) is 5.91 Å². The van der Waals surface area contributed by atoms with Crippen molar-refractivity contribution in [2.75, 3.05) is 51.2 Å². The van der Waals surface area contributed by atoms with Gasteiger partial charge in [0.15, 0.2) is 12.3 Å². The normalized spacial score (nSPS) is 18.8. The SMILES string of the molecule is CC(=O)c1ccc(NC(=O)C[NH+]2CC[NH+](CCOc3ccc(Cl)cc3)CC2)cc1. The quantitative estimate of drug-likeness (QED) is 0.543. The third-order valence-corrected chi connectivity index (χ3v) is 5.44. The molecule has 1 saturated heterocycles. The monoisotopic (exact) mass is 417 g/mol. The average molecular weight is 418 g/mol. The van der Waals surface area contributed by atoms with Crippen molar-refractivity contribution in [2.45, 2.75) is 6.92 Å². The summed E-state index contributed by atoms with van der Waals surface area (Å²) in [6.45, 7) is 7.60. The van der Waals surface area contributed by atoms with Crippen LogP contribution in [0.3, 0.4) is 0 Å². The lowest BCUT2D eigenvalue weighted by Crippen LogP contribution is -3.28. The van der Waals surface area contributed by atoms with E-state index in [-0.39, 0.29) is 11.7 Å². The number of halogens is 1. The molecule has 3 rings (SSSR count). The molecular weight excluding hydrogens is 390 g/mol. The molecule has 0 unspecified atom stereocenters. The highest BCUT2D eigenvalue weighted by molar-refractivity contribution is 6.30. The van der Waals surface area contributed by atoms with Crippen LogP contribution in [0.2, 0.25) is 5.02 Å². The van der Waals surface area contributed by atoms with Gasteiger partial charge in [-0.1, -0.05) is 11.6 Å². The number of hydrogen-bond donors (Lipinski definition) is 3. The average Bonchev–Trinajstić information content (AvgIpc) is 2.71. The van der Waals surface area contributed by atoms with E-state index in [4.69, 9.17) is 16.3 Å². The van der Waals surface area contributed by atoms with Gasteiger partial charge in [-0.3, -0.25) is 9.59 Å². The third-order valence-electron chi connectivity index (χ3n) is 5.19. The molecule has 0 radical (unpaired) electrons. The van der Waals surface area contributed by atoms with Crippen molar-refractivity contribution in [1.82, 2.24) is 0 Å². The molecule has 0 saturated carbocycles. The largest absolute Gasteiger partial charge is 0.488 e. The molecule has 0 bridgehead atoms. The van der Waals surface area contributed by atoms with Crippen LogP contribution in [-0.2, 0) is 4.79 Å². The summed E-state index contributed by atoms with van der Waals surface area (Å²) in [6.07, 6.45) is 0. The zero-order valence-corrected chi connectivity index (χ0v) is 17.4. The van der Waals surface area contributed by atoms with E-state index >= 15 is 0 Å². The number of ether oxygens (including phenoxy) is 1. The number of ketones is 1. The fourth-order valence-electron chi connectivity index (χ4n) is 3.45. The van der Waals surface area contributed by atoms with Gasteiger partial charge in [0, 0.05) is 16.3 Å². The van der Waals surface area contributed by atoms with E-state index in [1.807, 2.05) is 24.3 Å². The van der Waals surface area contributed by atoms with E-state index in [1.54, 1.807) is 24.3 Å². The predicted molar refractivity (Wildman–Crippen MR) is 113 cm³/mol. The van der Waals surface area contributed by atoms with Crippen LogP contribution in [-0.4, -0.2) is 57.6 Å². The highest BCUT2D eigenvalue weighted by atomic mass is 35.5. The summed E-state index contributed by atoms with van der Waals surface area (Å²) in [4.78, 5) is 26.4. The minimum absolute atomic E-state index is 0.00472. The Morgan fingerprint density at radius 3 is 2.21 bits per heavy atom. The number of Topliss-reactive ketones (excluding diaryl/α,β-unsaturated/α-hetero) is 1. The molecule has 1 aliphatic heterocycles. The highest BCUT2D eigenvalue weighted by Gasteiger charge is 2.24. The second-order valence-electron chi connectivity index (χ2n) is 7.41. The Morgan fingerprint density at radius 1 is 0.966 bits per heavy atom. The lowest BCUT2D eigenvalue weighted by Gasteiger charge is -2.29. The van der Waals surface area contributed by atoms with E-state index in [9.17, 15) is 9.59 Å². The van der Waals surface area contributed by atoms with Gasteiger partial charge >= 0.3 is 0 Å². The smallest absolute Gasteiger partial charge is 0.279 e. The predicted octanol–water partition coefficient (Wildman–Crippen LogP) is 0.344. The Morgan fingerprint density at radius 2 is 1.59 bits per heavy atom. The number of hydrogen-bond acceptors (Lipinski definition) is 3. The van der Waals surface area contributed by atoms with Crippen LogP contribution in [0.25, 0.3) is 0 Å². The molecule has 2 aromatic rings. The number of amides is 1. The van der Waals surface area contributed by atoms with E-state index in [0.29, 0.717) is 23.7 Å². The molecule has 154 valence electrons. The number of rotatable bonds is 8. The molecular formula is C22H28ClN3O3+2. The van der Waals surface area contributed by atoms with Crippen LogP contribution in [0.5, 0.6) is 5.75 Å². The van der Waals surface area contributed by atoms with Crippen molar-refractivity contribution < 1.29 is 24.1 Å². The molecule has 0 aliphatic carbocycles. The molecule has 7 heteroatoms. The van der Waals surface area contributed by atoms with Crippen molar-refractivity contribution in [3.05, 3.63) is 59.1 Å². The lowest BCUT2D eigenvalue weighted by molar-refractivity contribution is -1.01. The Balaban J connectivity index is 1.34. The van der Waals surface area contributed by atoms with Crippen molar-refractivity contribution in [3.63, 3.8) is 0 Å². The standard InChI is InChI=1S/C22H26ClN3O3/c1-17(27)18-2-6-20(7-3-18)24-22(28)16-26-12-10-25(11-13-26)14-15-29-21-8-4-19(23)5-9-21/h2-9H,10-16H2,1H3,(H,24,28)/p+2. The van der Waals surface area contributed by atoms with E-state index in [0.717, 1.165) is 44.2 Å². The molecule has 1 amide bonds. The molecule has 2 aromatic carbocycles. The van der Waals surface area contributed by atoms with Gasteiger partial charge in [-0.2, -0.15) is 0 Å². The van der Waals surface area contributed by atoms with Crippen molar-refractivity contribution >= 4 is 29.0 Å². The van der Waals surface area contributed by atoms with Gasteiger partial charge < -0.3 is 19.9 Å². The molecule has 1 fully saturated rings. The summed E-state index contributed by atoms with van der Waals surface area (Å²) < 4.78 is 5.77. The molecule has 1 aliphatic rings. The maximum Gasteiger partial charge on any atom is 0.279 e. The number of piperazine rings is 1. The summed E-state index contributed by atoms with van der Waals surface area (Å²) in [5, 5.41) is 3.62. The first-order valence-corrected chi connectivity index (χ1v) is 10.3. The van der Waals surface area contributed by atoms with Crippen molar-refractivity contribution in [2.24, 2.45) is 0 Å². The van der Waals surface area contributed by atoms with Crippen LogP contribution in [0.4, 0.5) is 5.69 Å². The highest BCUT2D eigenvalue weighted by Crippen LogP contribution is 2.15. The maximum absolute atomic E-state index is 12.3. The Labute approximate surface area is 176 Å². The summed E-state index contributed by atoms with van der Waals surface area (Å²) in [5.74, 6) is 0.863. The molecule has 0 atom stereocenters. The van der Waals surface area contributed by atoms with Crippen LogP contribution in [0.1, 0.15) is 17.3 Å². The van der Waals surface area contributed by atoms with Gasteiger partial charge in [0.2, 0.25) is 0 Å². The van der Waals surface area contributed by atoms with Gasteiger partial charge in [-0.15, -0.1) is 0 Å². The molecule has 0 aromatic heterocycles. The molecule has 0 spiro atoms. The molecule has 6 nitrogen and oxygen atoms in total. The number of benzene rings is 2. The zero-order valence-electron chi connectivity index (χ0n) is 16.7. The van der Waals surface area contributed by atoms with Crippen LogP contribution >= 0.6 is 11.6 Å². The molecule has 29 heavy (non-hydrogen) atoms. The minimum Gasteiger partial charge on any atom is -0.488 e. The number of carbonyl (C=O) groups excluding carboxylic acids is 2. The van der Waals surface area contributed by atoms with Gasteiger partial charge in [0.05, 0.1) is 0 Å². The minimum atomic E-state index is 0.00472.